The summed E-state index contributed by atoms with van der Waals surface area (Å²) in [5, 5.41) is 13.9. The Labute approximate surface area is 105 Å². The minimum Gasteiger partial charge on any atom is -0.378 e. The largest absolute Gasteiger partial charge is 0.378 e. The fourth-order valence-corrected chi connectivity index (χ4v) is 1.83. The van der Waals surface area contributed by atoms with Crippen LogP contribution >= 0.6 is 0 Å². The normalized spacial score (nSPS) is 15.5. The van der Waals surface area contributed by atoms with Crippen LogP contribution in [0.5, 0.6) is 0 Å². The van der Waals surface area contributed by atoms with Crippen LogP contribution in [0.15, 0.2) is 12.1 Å². The van der Waals surface area contributed by atoms with E-state index in [1.54, 1.807) is 0 Å². The molecule has 0 spiro atoms. The summed E-state index contributed by atoms with van der Waals surface area (Å²) in [5.41, 5.74) is 0.0578. The highest BCUT2D eigenvalue weighted by molar-refractivity contribution is 5.56. The van der Waals surface area contributed by atoms with Gasteiger partial charge in [-0.25, -0.2) is 4.98 Å². The highest BCUT2D eigenvalue weighted by Crippen LogP contribution is 2.23. The molecule has 0 unspecified atom stereocenters. The summed E-state index contributed by atoms with van der Waals surface area (Å²) in [4.78, 5) is 16.9. The number of nitrogens with one attached hydrogen (secondary N) is 1. The molecule has 0 saturated carbocycles. The molecule has 0 bridgehead atoms. The molecule has 0 aromatic carbocycles. The molecule has 1 aromatic rings. The number of anilines is 2. The fraction of sp³-hybridized carbons (Fsp3) is 0.545. The third kappa shape index (κ3) is 2.86. The lowest BCUT2D eigenvalue weighted by Crippen LogP contribution is -2.36. The van der Waals surface area contributed by atoms with Gasteiger partial charge in [-0.05, 0) is 6.92 Å². The third-order valence-corrected chi connectivity index (χ3v) is 2.70. The van der Waals surface area contributed by atoms with E-state index in [-0.39, 0.29) is 5.69 Å². The van der Waals surface area contributed by atoms with Gasteiger partial charge >= 0.3 is 0 Å². The molecule has 1 saturated heterocycles. The Morgan fingerprint density at radius 1 is 1.50 bits per heavy atom. The standard InChI is InChI=1S/C11H16N4O3/c1-2-12-10-7-9(15(16)17)8-11(13-10)14-3-5-18-6-4-14/h7-8H,2-6H2,1H3,(H,12,13). The Kier molecular flexibility index (Phi) is 3.93. The molecule has 7 heteroatoms. The molecule has 0 aliphatic carbocycles. The van der Waals surface area contributed by atoms with Gasteiger partial charge in [0.2, 0.25) is 0 Å². The zero-order valence-electron chi connectivity index (χ0n) is 10.3. The van der Waals surface area contributed by atoms with Gasteiger partial charge in [0.1, 0.15) is 11.6 Å². The monoisotopic (exact) mass is 252 g/mol. The van der Waals surface area contributed by atoms with E-state index in [0.29, 0.717) is 44.5 Å². The van der Waals surface area contributed by atoms with Crippen LogP contribution < -0.4 is 10.2 Å². The van der Waals surface area contributed by atoms with Gasteiger partial charge < -0.3 is 15.0 Å². The molecular formula is C11H16N4O3. The van der Waals surface area contributed by atoms with Gasteiger partial charge in [-0.3, -0.25) is 10.1 Å². The molecule has 0 radical (unpaired) electrons. The Hall–Kier alpha value is -1.89. The number of hydrogen-bond donors (Lipinski definition) is 1. The summed E-state index contributed by atoms with van der Waals surface area (Å²) in [6, 6.07) is 2.96. The predicted molar refractivity (Wildman–Crippen MR) is 68.1 cm³/mol. The summed E-state index contributed by atoms with van der Waals surface area (Å²) in [6.07, 6.45) is 0. The Bertz CT molecular complexity index is 432. The first-order chi connectivity index (χ1) is 8.70. The fourth-order valence-electron chi connectivity index (χ4n) is 1.83. The smallest absolute Gasteiger partial charge is 0.276 e. The molecule has 1 aromatic heterocycles. The molecule has 0 amide bonds. The molecule has 1 aliphatic rings. The first-order valence-electron chi connectivity index (χ1n) is 5.93. The summed E-state index contributed by atoms with van der Waals surface area (Å²) < 4.78 is 5.26. The van der Waals surface area contributed by atoms with Crippen LogP contribution in [0, 0.1) is 10.1 Å². The summed E-state index contributed by atoms with van der Waals surface area (Å²) >= 11 is 0. The summed E-state index contributed by atoms with van der Waals surface area (Å²) in [5.74, 6) is 1.16. The van der Waals surface area contributed by atoms with Gasteiger partial charge in [0.05, 0.1) is 30.3 Å². The van der Waals surface area contributed by atoms with E-state index in [0.717, 1.165) is 0 Å². The first kappa shape index (κ1) is 12.6. The topological polar surface area (TPSA) is 80.5 Å². The lowest BCUT2D eigenvalue weighted by Gasteiger charge is -2.27. The van der Waals surface area contributed by atoms with E-state index in [2.05, 4.69) is 10.3 Å². The van der Waals surface area contributed by atoms with E-state index < -0.39 is 4.92 Å². The van der Waals surface area contributed by atoms with Crippen molar-refractivity contribution in [3.63, 3.8) is 0 Å². The maximum Gasteiger partial charge on any atom is 0.276 e. The average molecular weight is 252 g/mol. The van der Waals surface area contributed by atoms with Crippen molar-refractivity contribution in [2.75, 3.05) is 43.1 Å². The zero-order valence-corrected chi connectivity index (χ0v) is 10.3. The van der Waals surface area contributed by atoms with Gasteiger partial charge in [0, 0.05) is 19.6 Å². The SMILES string of the molecule is CCNc1cc([N+](=O)[O-])cc(N2CCOCC2)n1. The lowest BCUT2D eigenvalue weighted by atomic mass is 10.3. The second kappa shape index (κ2) is 5.63. The van der Waals surface area contributed by atoms with Crippen LogP contribution in [0.25, 0.3) is 0 Å². The van der Waals surface area contributed by atoms with Crippen molar-refractivity contribution >= 4 is 17.3 Å². The highest BCUT2D eigenvalue weighted by atomic mass is 16.6. The van der Waals surface area contributed by atoms with Crippen LogP contribution in [0.2, 0.25) is 0 Å². The number of morpholine rings is 1. The van der Waals surface area contributed by atoms with Crippen LogP contribution in [-0.4, -0.2) is 42.8 Å². The van der Waals surface area contributed by atoms with Crippen molar-refractivity contribution in [3.05, 3.63) is 22.2 Å². The summed E-state index contributed by atoms with van der Waals surface area (Å²) in [7, 11) is 0. The third-order valence-electron chi connectivity index (χ3n) is 2.70. The molecule has 98 valence electrons. The highest BCUT2D eigenvalue weighted by Gasteiger charge is 2.17. The molecule has 1 fully saturated rings. The zero-order chi connectivity index (χ0) is 13.0. The van der Waals surface area contributed by atoms with Gasteiger partial charge in [-0.1, -0.05) is 0 Å². The molecular weight excluding hydrogens is 236 g/mol. The molecule has 0 atom stereocenters. The van der Waals surface area contributed by atoms with Crippen molar-refractivity contribution in [2.24, 2.45) is 0 Å². The Morgan fingerprint density at radius 2 is 2.22 bits per heavy atom. The molecule has 18 heavy (non-hydrogen) atoms. The van der Waals surface area contributed by atoms with Gasteiger partial charge in [0.15, 0.2) is 0 Å². The van der Waals surface area contributed by atoms with Crippen LogP contribution in [0.3, 0.4) is 0 Å². The first-order valence-corrected chi connectivity index (χ1v) is 5.93. The Morgan fingerprint density at radius 3 is 2.83 bits per heavy atom. The van der Waals surface area contributed by atoms with Crippen molar-refractivity contribution in [3.8, 4) is 0 Å². The number of rotatable bonds is 4. The molecule has 7 nitrogen and oxygen atoms in total. The number of aromatic nitrogens is 1. The second-order valence-corrected chi connectivity index (χ2v) is 3.96. The van der Waals surface area contributed by atoms with E-state index >= 15 is 0 Å². The molecule has 2 heterocycles. The summed E-state index contributed by atoms with van der Waals surface area (Å²) in [6.45, 7) is 5.27. The van der Waals surface area contributed by atoms with Gasteiger partial charge in [-0.2, -0.15) is 0 Å². The van der Waals surface area contributed by atoms with Crippen molar-refractivity contribution in [2.45, 2.75) is 6.92 Å². The predicted octanol–water partition coefficient (Wildman–Crippen LogP) is 1.26. The molecule has 2 rings (SSSR count). The van der Waals surface area contributed by atoms with Crippen molar-refractivity contribution in [1.29, 1.82) is 0 Å². The number of hydrogen-bond acceptors (Lipinski definition) is 6. The van der Waals surface area contributed by atoms with E-state index in [9.17, 15) is 10.1 Å². The van der Waals surface area contributed by atoms with E-state index in [1.165, 1.54) is 12.1 Å². The van der Waals surface area contributed by atoms with Crippen LogP contribution in [0.1, 0.15) is 6.92 Å². The quantitative estimate of drug-likeness (QED) is 0.641. The van der Waals surface area contributed by atoms with Crippen molar-refractivity contribution in [1.82, 2.24) is 4.98 Å². The second-order valence-electron chi connectivity index (χ2n) is 3.96. The lowest BCUT2D eigenvalue weighted by molar-refractivity contribution is -0.384. The Balaban J connectivity index is 2.29. The van der Waals surface area contributed by atoms with Gasteiger partial charge in [-0.15, -0.1) is 0 Å². The van der Waals surface area contributed by atoms with Crippen LogP contribution in [0.4, 0.5) is 17.3 Å². The maximum atomic E-state index is 10.9. The number of nitro groups is 1. The molecule has 1 aliphatic heterocycles. The number of pyridine rings is 1. The van der Waals surface area contributed by atoms with Crippen molar-refractivity contribution < 1.29 is 9.66 Å². The number of ether oxygens (including phenoxy) is 1. The van der Waals surface area contributed by atoms with Gasteiger partial charge in [0.25, 0.3) is 5.69 Å². The minimum absolute atomic E-state index is 0.0578. The maximum absolute atomic E-state index is 10.9. The average Bonchev–Trinajstić information content (AvgIpc) is 2.40. The minimum atomic E-state index is -0.396. The van der Waals surface area contributed by atoms with E-state index in [4.69, 9.17) is 4.74 Å². The molecule has 1 N–H and O–H groups in total. The van der Waals surface area contributed by atoms with E-state index in [1.807, 2.05) is 11.8 Å². The van der Waals surface area contributed by atoms with Crippen LogP contribution in [-0.2, 0) is 4.74 Å². The number of nitrogens with zero attached hydrogens (tertiary/aromatic N) is 3.